The van der Waals surface area contributed by atoms with E-state index in [9.17, 15) is 4.79 Å². The van der Waals surface area contributed by atoms with E-state index >= 15 is 0 Å². The van der Waals surface area contributed by atoms with Crippen LogP contribution >= 0.6 is 0 Å². The van der Waals surface area contributed by atoms with Crippen molar-refractivity contribution in [2.45, 2.75) is 38.0 Å². The summed E-state index contributed by atoms with van der Waals surface area (Å²) >= 11 is 0. The van der Waals surface area contributed by atoms with Gasteiger partial charge in [-0.15, -0.1) is 0 Å². The van der Waals surface area contributed by atoms with Crippen molar-refractivity contribution in [3.05, 3.63) is 59.7 Å². The Morgan fingerprint density at radius 3 is 2.88 bits per heavy atom. The Balaban J connectivity index is 1.49. The molecule has 0 spiro atoms. The third-order valence-corrected chi connectivity index (χ3v) is 5.31. The summed E-state index contributed by atoms with van der Waals surface area (Å²) in [6, 6.07) is 16.3. The highest BCUT2D eigenvalue weighted by Gasteiger charge is 2.36. The number of benzene rings is 2. The molecule has 1 saturated heterocycles. The maximum Gasteiger partial charge on any atom is 0.407 e. The number of ether oxygens (including phenoxy) is 2. The summed E-state index contributed by atoms with van der Waals surface area (Å²) in [6.45, 7) is 1.36. The highest BCUT2D eigenvalue weighted by molar-refractivity contribution is 5.70. The number of hydrogen-bond acceptors (Lipinski definition) is 4. The van der Waals surface area contributed by atoms with Crippen molar-refractivity contribution in [3.8, 4) is 5.75 Å². The number of nitrogens with zero attached hydrogens (tertiary/aromatic N) is 1. The van der Waals surface area contributed by atoms with Gasteiger partial charge in [0.2, 0.25) is 0 Å². The van der Waals surface area contributed by atoms with Gasteiger partial charge < -0.3 is 19.7 Å². The van der Waals surface area contributed by atoms with Crippen LogP contribution in [0.2, 0.25) is 0 Å². The largest absolute Gasteiger partial charge is 0.497 e. The van der Waals surface area contributed by atoms with Crippen LogP contribution in [0, 0.1) is 0 Å². The first-order valence-electron chi connectivity index (χ1n) is 9.16. The number of amides is 1. The number of alkyl carbamates (subject to hydrolysis) is 1. The molecule has 2 aromatic rings. The third kappa shape index (κ3) is 3.34. The number of methoxy groups -OCH3 is 1. The molecular weight excluding hydrogens is 328 g/mol. The van der Waals surface area contributed by atoms with Crippen LogP contribution in [0.15, 0.2) is 48.5 Å². The van der Waals surface area contributed by atoms with Gasteiger partial charge in [-0.1, -0.05) is 30.3 Å². The zero-order valence-electron chi connectivity index (χ0n) is 15.0. The number of anilines is 1. The molecule has 4 rings (SSSR count). The van der Waals surface area contributed by atoms with Gasteiger partial charge in [0.1, 0.15) is 12.4 Å². The van der Waals surface area contributed by atoms with Crippen LogP contribution in [-0.4, -0.2) is 25.8 Å². The molecule has 1 amide bonds. The first kappa shape index (κ1) is 16.8. The van der Waals surface area contributed by atoms with Gasteiger partial charge in [0.15, 0.2) is 0 Å². The van der Waals surface area contributed by atoms with Gasteiger partial charge in [-0.25, -0.2) is 4.79 Å². The molecule has 2 aliphatic rings. The second kappa shape index (κ2) is 7.28. The lowest BCUT2D eigenvalue weighted by molar-refractivity contribution is 0.134. The number of fused-ring (bicyclic) bond motifs is 3. The summed E-state index contributed by atoms with van der Waals surface area (Å²) in [4.78, 5) is 14.8. The first-order chi connectivity index (χ1) is 12.7. The lowest BCUT2D eigenvalue weighted by atomic mass is 9.91. The minimum atomic E-state index is -0.376. The van der Waals surface area contributed by atoms with Crippen LogP contribution in [0.4, 0.5) is 10.5 Å². The van der Waals surface area contributed by atoms with Crippen molar-refractivity contribution in [3.63, 3.8) is 0 Å². The second-order valence-electron chi connectivity index (χ2n) is 6.91. The number of carbonyl (C=O) groups is 1. The zero-order chi connectivity index (χ0) is 17.9. The van der Waals surface area contributed by atoms with Crippen LogP contribution < -0.4 is 15.0 Å². The highest BCUT2D eigenvalue weighted by atomic mass is 16.5. The molecule has 0 radical (unpaired) electrons. The Morgan fingerprint density at radius 1 is 1.23 bits per heavy atom. The zero-order valence-corrected chi connectivity index (χ0v) is 15.0. The molecule has 2 aliphatic heterocycles. The minimum Gasteiger partial charge on any atom is -0.497 e. The van der Waals surface area contributed by atoms with Gasteiger partial charge in [-0.2, -0.15) is 0 Å². The van der Waals surface area contributed by atoms with Crippen molar-refractivity contribution in [1.29, 1.82) is 0 Å². The van der Waals surface area contributed by atoms with Crippen LogP contribution in [0.25, 0.3) is 0 Å². The smallest absolute Gasteiger partial charge is 0.407 e. The standard InChI is InChI=1S/C21H24N2O3/c1-25-17-9-10-20-18(13-17)19(12-16-8-5-11-23(16)20)22-21(24)26-14-15-6-3-2-4-7-15/h2-4,6-7,9-10,13,16,19H,5,8,11-12,14H2,1H3,(H,22,24)/t16-,19+/m1/s1. The molecular formula is C21H24N2O3. The van der Waals surface area contributed by atoms with E-state index < -0.39 is 0 Å². The van der Waals surface area contributed by atoms with E-state index in [0.717, 1.165) is 29.8 Å². The Hall–Kier alpha value is -2.69. The molecule has 26 heavy (non-hydrogen) atoms. The van der Waals surface area contributed by atoms with Gasteiger partial charge in [0.05, 0.1) is 13.2 Å². The topological polar surface area (TPSA) is 50.8 Å². The average molecular weight is 352 g/mol. The minimum absolute atomic E-state index is 0.0530. The van der Waals surface area contributed by atoms with E-state index in [0.29, 0.717) is 6.04 Å². The van der Waals surface area contributed by atoms with Crippen molar-refractivity contribution >= 4 is 11.8 Å². The van der Waals surface area contributed by atoms with E-state index in [1.807, 2.05) is 42.5 Å². The Kier molecular flexibility index (Phi) is 4.69. The lowest BCUT2D eigenvalue weighted by Crippen LogP contribution is -2.41. The Morgan fingerprint density at radius 2 is 2.08 bits per heavy atom. The number of hydrogen-bond donors (Lipinski definition) is 1. The summed E-state index contributed by atoms with van der Waals surface area (Å²) in [5.41, 5.74) is 3.29. The van der Waals surface area contributed by atoms with Gasteiger partial charge in [-0.3, -0.25) is 0 Å². The molecule has 5 nitrogen and oxygen atoms in total. The number of rotatable bonds is 4. The van der Waals surface area contributed by atoms with Gasteiger partial charge >= 0.3 is 6.09 Å². The maximum atomic E-state index is 12.4. The van der Waals surface area contributed by atoms with Crippen LogP contribution in [0.5, 0.6) is 5.75 Å². The predicted octanol–water partition coefficient (Wildman–Crippen LogP) is 4.04. The first-order valence-corrected chi connectivity index (χ1v) is 9.16. The number of nitrogens with one attached hydrogen (secondary N) is 1. The van der Waals surface area contributed by atoms with Crippen LogP contribution in [0.1, 0.15) is 36.4 Å². The SMILES string of the molecule is COc1ccc2c(c1)[C@@H](NC(=O)OCc1ccccc1)C[C@H]1CCCN21. The van der Waals surface area contributed by atoms with Gasteiger partial charge in [0, 0.05) is 23.8 Å². The monoisotopic (exact) mass is 352 g/mol. The summed E-state index contributed by atoms with van der Waals surface area (Å²) < 4.78 is 10.8. The Bertz CT molecular complexity index is 778. The molecule has 2 atom stereocenters. The third-order valence-electron chi connectivity index (χ3n) is 5.31. The fraction of sp³-hybridized carbons (Fsp3) is 0.381. The molecule has 2 aromatic carbocycles. The average Bonchev–Trinajstić information content (AvgIpc) is 3.15. The number of carbonyl (C=O) groups excluding carboxylic acids is 1. The summed E-state index contributed by atoms with van der Waals surface area (Å²) in [5.74, 6) is 0.811. The molecule has 1 N–H and O–H groups in total. The van der Waals surface area contributed by atoms with Crippen LogP contribution in [0.3, 0.4) is 0 Å². The molecule has 0 saturated carbocycles. The Labute approximate surface area is 153 Å². The quantitative estimate of drug-likeness (QED) is 0.902. The molecule has 0 aliphatic carbocycles. The second-order valence-corrected chi connectivity index (χ2v) is 6.91. The predicted molar refractivity (Wildman–Crippen MR) is 100 cm³/mol. The van der Waals surface area contributed by atoms with E-state index in [1.54, 1.807) is 7.11 Å². The molecule has 0 unspecified atom stereocenters. The molecule has 5 heteroatoms. The van der Waals surface area contributed by atoms with Crippen molar-refractivity contribution < 1.29 is 14.3 Å². The highest BCUT2D eigenvalue weighted by Crippen LogP contribution is 2.42. The van der Waals surface area contributed by atoms with Crippen molar-refractivity contribution in [2.75, 3.05) is 18.6 Å². The fourth-order valence-electron chi connectivity index (χ4n) is 4.04. The van der Waals surface area contributed by atoms with E-state index in [2.05, 4.69) is 16.3 Å². The molecule has 0 bridgehead atoms. The van der Waals surface area contributed by atoms with Crippen molar-refractivity contribution in [2.24, 2.45) is 0 Å². The van der Waals surface area contributed by atoms with Crippen molar-refractivity contribution in [1.82, 2.24) is 5.32 Å². The van der Waals surface area contributed by atoms with Gasteiger partial charge in [0.25, 0.3) is 0 Å². The summed E-state index contributed by atoms with van der Waals surface area (Å²) in [5, 5.41) is 3.07. The normalized spacial score (nSPS) is 20.9. The molecule has 0 aromatic heterocycles. The molecule has 2 heterocycles. The summed E-state index contributed by atoms with van der Waals surface area (Å²) in [6.07, 6.45) is 2.89. The molecule has 136 valence electrons. The summed E-state index contributed by atoms with van der Waals surface area (Å²) in [7, 11) is 1.67. The van der Waals surface area contributed by atoms with E-state index in [4.69, 9.17) is 9.47 Å². The maximum absolute atomic E-state index is 12.4. The van der Waals surface area contributed by atoms with Gasteiger partial charge in [-0.05, 0) is 43.0 Å². The van der Waals surface area contributed by atoms with E-state index in [-0.39, 0.29) is 18.7 Å². The van der Waals surface area contributed by atoms with Crippen LogP contribution in [-0.2, 0) is 11.3 Å². The van der Waals surface area contributed by atoms with E-state index in [1.165, 1.54) is 18.5 Å². The lowest BCUT2D eigenvalue weighted by Gasteiger charge is -2.38. The fourth-order valence-corrected chi connectivity index (χ4v) is 4.04. The molecule has 1 fully saturated rings.